The number of para-hydroxylation sites is 2. The average Bonchev–Trinajstić information content (AvgIpc) is 2.49. The van der Waals surface area contributed by atoms with Gasteiger partial charge >= 0.3 is 0 Å². The van der Waals surface area contributed by atoms with Gasteiger partial charge in [0.25, 0.3) is 0 Å². The van der Waals surface area contributed by atoms with Gasteiger partial charge in [-0.3, -0.25) is 4.79 Å². The molecule has 0 bridgehead atoms. The van der Waals surface area contributed by atoms with Crippen molar-refractivity contribution in [2.75, 3.05) is 11.9 Å². The number of nitrogens with one attached hydrogen (secondary N) is 1. The Bertz CT molecular complexity index is 640. The summed E-state index contributed by atoms with van der Waals surface area (Å²) in [5.74, 6) is 0.885. The van der Waals surface area contributed by atoms with Crippen LogP contribution in [0.1, 0.15) is 31.7 Å². The summed E-state index contributed by atoms with van der Waals surface area (Å²) in [5.41, 5.74) is 1.99. The van der Waals surface area contributed by atoms with E-state index in [0.29, 0.717) is 23.3 Å². The summed E-state index contributed by atoms with van der Waals surface area (Å²) in [6.07, 6.45) is 0.275. The van der Waals surface area contributed by atoms with E-state index in [1.165, 1.54) is 0 Å². The van der Waals surface area contributed by atoms with Crippen LogP contribution < -0.4 is 10.1 Å². The number of hydrogen-bond acceptors (Lipinski definition) is 2. The maximum Gasteiger partial charge on any atom is 0.227 e. The van der Waals surface area contributed by atoms with Crippen molar-refractivity contribution in [3.8, 4) is 5.75 Å². The summed E-state index contributed by atoms with van der Waals surface area (Å²) in [6, 6.07) is 15.1. The highest BCUT2D eigenvalue weighted by molar-refractivity contribution is 6.32. The highest BCUT2D eigenvalue weighted by Crippen LogP contribution is 2.24. The molecule has 1 N–H and O–H groups in total. The molecular weight excluding hydrogens is 298 g/mol. The number of carbonyl (C=O) groups is 1. The summed E-state index contributed by atoms with van der Waals surface area (Å²) in [4.78, 5) is 12.0. The zero-order valence-corrected chi connectivity index (χ0v) is 13.6. The Hall–Kier alpha value is -2.00. The zero-order valence-electron chi connectivity index (χ0n) is 12.8. The third-order valence-corrected chi connectivity index (χ3v) is 3.59. The average molecular weight is 318 g/mol. The molecule has 0 unspecified atom stereocenters. The highest BCUT2D eigenvalue weighted by atomic mass is 35.5. The second kappa shape index (κ2) is 7.85. The van der Waals surface area contributed by atoms with E-state index in [2.05, 4.69) is 19.2 Å². The second-order valence-corrected chi connectivity index (χ2v) is 5.73. The molecular formula is C18H20ClNO2. The molecule has 0 aromatic heterocycles. The topological polar surface area (TPSA) is 38.3 Å². The number of carbonyl (C=O) groups excluding carboxylic acids is 1. The minimum absolute atomic E-state index is 0.0693. The first-order chi connectivity index (χ1) is 10.6. The van der Waals surface area contributed by atoms with Gasteiger partial charge in [-0.15, -0.1) is 0 Å². The second-order valence-electron chi connectivity index (χ2n) is 5.32. The van der Waals surface area contributed by atoms with E-state index in [9.17, 15) is 4.79 Å². The van der Waals surface area contributed by atoms with Gasteiger partial charge in [-0.1, -0.05) is 55.8 Å². The zero-order chi connectivity index (χ0) is 15.9. The minimum atomic E-state index is -0.0693. The van der Waals surface area contributed by atoms with Crippen molar-refractivity contribution in [3.63, 3.8) is 0 Å². The van der Waals surface area contributed by atoms with E-state index >= 15 is 0 Å². The van der Waals surface area contributed by atoms with E-state index < -0.39 is 0 Å². The number of anilines is 1. The maximum atomic E-state index is 12.0. The Labute approximate surface area is 136 Å². The van der Waals surface area contributed by atoms with Crippen molar-refractivity contribution in [1.82, 2.24) is 0 Å². The standard InChI is InChI=1S/C18H20ClNO2/c1-13(2)14-7-3-5-9-16(14)20-18(21)11-12-22-17-10-6-4-8-15(17)19/h3-10,13H,11-12H2,1-2H3,(H,20,21). The monoisotopic (exact) mass is 317 g/mol. The van der Waals surface area contributed by atoms with Crippen LogP contribution in [0.25, 0.3) is 0 Å². The van der Waals surface area contributed by atoms with Gasteiger partial charge in [0.1, 0.15) is 5.75 Å². The molecule has 1 amide bonds. The molecule has 2 rings (SSSR count). The van der Waals surface area contributed by atoms with Gasteiger partial charge in [-0.25, -0.2) is 0 Å². The summed E-state index contributed by atoms with van der Waals surface area (Å²) >= 11 is 6.00. The summed E-state index contributed by atoms with van der Waals surface area (Å²) in [7, 11) is 0. The van der Waals surface area contributed by atoms with Crippen molar-refractivity contribution >= 4 is 23.2 Å². The minimum Gasteiger partial charge on any atom is -0.491 e. The smallest absolute Gasteiger partial charge is 0.227 e. The number of amides is 1. The molecule has 3 nitrogen and oxygen atoms in total. The molecule has 0 saturated carbocycles. The quantitative estimate of drug-likeness (QED) is 0.825. The molecule has 22 heavy (non-hydrogen) atoms. The molecule has 2 aromatic rings. The fourth-order valence-corrected chi connectivity index (χ4v) is 2.33. The van der Waals surface area contributed by atoms with Crippen LogP contribution in [0.2, 0.25) is 5.02 Å². The number of benzene rings is 2. The molecule has 0 atom stereocenters. The van der Waals surface area contributed by atoms with E-state index in [1.807, 2.05) is 36.4 Å². The SMILES string of the molecule is CC(C)c1ccccc1NC(=O)CCOc1ccccc1Cl. The van der Waals surface area contributed by atoms with Gasteiger partial charge in [0.05, 0.1) is 18.1 Å². The lowest BCUT2D eigenvalue weighted by molar-refractivity contribution is -0.116. The van der Waals surface area contributed by atoms with Crippen molar-refractivity contribution in [1.29, 1.82) is 0 Å². The van der Waals surface area contributed by atoms with E-state index in [1.54, 1.807) is 12.1 Å². The Morgan fingerprint density at radius 1 is 1.14 bits per heavy atom. The van der Waals surface area contributed by atoms with E-state index in [4.69, 9.17) is 16.3 Å². The van der Waals surface area contributed by atoms with Gasteiger partial charge in [0.15, 0.2) is 0 Å². The molecule has 116 valence electrons. The van der Waals surface area contributed by atoms with E-state index in [-0.39, 0.29) is 12.3 Å². The van der Waals surface area contributed by atoms with Crippen LogP contribution in [0.3, 0.4) is 0 Å². The van der Waals surface area contributed by atoms with Crippen molar-refractivity contribution in [2.24, 2.45) is 0 Å². The number of halogens is 1. The number of hydrogen-bond donors (Lipinski definition) is 1. The van der Waals surface area contributed by atoms with Crippen molar-refractivity contribution < 1.29 is 9.53 Å². The van der Waals surface area contributed by atoms with Crippen LogP contribution in [-0.2, 0) is 4.79 Å². The van der Waals surface area contributed by atoms with Crippen LogP contribution in [0, 0.1) is 0 Å². The Kier molecular flexibility index (Phi) is 5.84. The lowest BCUT2D eigenvalue weighted by atomic mass is 10.0. The summed E-state index contributed by atoms with van der Waals surface area (Å²) < 4.78 is 5.53. The summed E-state index contributed by atoms with van der Waals surface area (Å²) in [6.45, 7) is 4.50. The summed E-state index contributed by atoms with van der Waals surface area (Å²) in [5, 5.41) is 3.49. The first-order valence-corrected chi connectivity index (χ1v) is 7.72. The van der Waals surface area contributed by atoms with Gasteiger partial charge < -0.3 is 10.1 Å². The Morgan fingerprint density at radius 2 is 1.82 bits per heavy atom. The van der Waals surface area contributed by atoms with Gasteiger partial charge in [0.2, 0.25) is 5.91 Å². The number of ether oxygens (including phenoxy) is 1. The highest BCUT2D eigenvalue weighted by Gasteiger charge is 2.09. The molecule has 0 aliphatic rings. The van der Waals surface area contributed by atoms with Crippen LogP contribution in [0.15, 0.2) is 48.5 Å². The van der Waals surface area contributed by atoms with Crippen molar-refractivity contribution in [3.05, 3.63) is 59.1 Å². The largest absolute Gasteiger partial charge is 0.491 e. The lowest BCUT2D eigenvalue weighted by Gasteiger charge is -2.14. The third-order valence-electron chi connectivity index (χ3n) is 3.28. The fourth-order valence-electron chi connectivity index (χ4n) is 2.14. The molecule has 0 aliphatic carbocycles. The maximum absolute atomic E-state index is 12.0. The molecule has 0 fully saturated rings. The normalized spacial score (nSPS) is 10.5. The third kappa shape index (κ3) is 4.50. The van der Waals surface area contributed by atoms with Gasteiger partial charge in [-0.2, -0.15) is 0 Å². The van der Waals surface area contributed by atoms with Crippen LogP contribution in [0.4, 0.5) is 5.69 Å². The molecule has 0 aliphatic heterocycles. The Morgan fingerprint density at radius 3 is 2.55 bits per heavy atom. The fraction of sp³-hybridized carbons (Fsp3) is 0.278. The van der Waals surface area contributed by atoms with Crippen LogP contribution in [0.5, 0.6) is 5.75 Å². The first kappa shape index (κ1) is 16.4. The molecule has 0 saturated heterocycles. The molecule has 4 heteroatoms. The lowest BCUT2D eigenvalue weighted by Crippen LogP contribution is -2.16. The molecule has 2 aromatic carbocycles. The van der Waals surface area contributed by atoms with Crippen molar-refractivity contribution in [2.45, 2.75) is 26.2 Å². The van der Waals surface area contributed by atoms with Crippen LogP contribution in [-0.4, -0.2) is 12.5 Å². The predicted molar refractivity (Wildman–Crippen MR) is 90.7 cm³/mol. The number of rotatable bonds is 6. The van der Waals surface area contributed by atoms with Crippen LogP contribution >= 0.6 is 11.6 Å². The van der Waals surface area contributed by atoms with Gasteiger partial charge in [-0.05, 0) is 29.7 Å². The van der Waals surface area contributed by atoms with E-state index in [0.717, 1.165) is 11.3 Å². The Balaban J connectivity index is 1.88. The van der Waals surface area contributed by atoms with Gasteiger partial charge in [0, 0.05) is 5.69 Å². The predicted octanol–water partition coefficient (Wildman–Crippen LogP) is 4.87. The molecule has 0 radical (unpaired) electrons. The molecule has 0 heterocycles. The molecule has 0 spiro atoms. The first-order valence-electron chi connectivity index (χ1n) is 7.34.